The highest BCUT2D eigenvalue weighted by Gasteiger charge is 2.13. The van der Waals surface area contributed by atoms with Crippen LogP contribution >= 0.6 is 0 Å². The number of aliphatic hydroxyl groups is 1. The number of rotatable bonds is 7. The van der Waals surface area contributed by atoms with Gasteiger partial charge in [0.15, 0.2) is 9.84 Å². The van der Waals surface area contributed by atoms with Crippen molar-refractivity contribution in [3.05, 3.63) is 29.8 Å². The Bertz CT molecular complexity index is 422. The van der Waals surface area contributed by atoms with E-state index in [0.717, 1.165) is 5.56 Å². The molecule has 4 nitrogen and oxygen atoms in total. The summed E-state index contributed by atoms with van der Waals surface area (Å²) in [6.07, 6.45) is 0.441. The summed E-state index contributed by atoms with van der Waals surface area (Å²) in [6, 6.07) is 6.82. The van der Waals surface area contributed by atoms with Gasteiger partial charge in [0, 0.05) is 6.61 Å². The standard InChI is InChI=1S/C12H18O4S/c1-11-3-5-12(6-4-11)17(14,15)10-2-8-16-9-7-13/h3-6,13H,2,7-10H2,1H3. The summed E-state index contributed by atoms with van der Waals surface area (Å²) < 4.78 is 28.8. The Labute approximate surface area is 102 Å². The van der Waals surface area contributed by atoms with Gasteiger partial charge < -0.3 is 9.84 Å². The second-order valence-corrected chi connectivity index (χ2v) is 5.93. The third-order valence-electron chi connectivity index (χ3n) is 2.32. The van der Waals surface area contributed by atoms with Crippen LogP contribution in [0.5, 0.6) is 0 Å². The number of hydrogen-bond acceptors (Lipinski definition) is 4. The molecule has 0 heterocycles. The molecule has 0 aliphatic heterocycles. The second kappa shape index (κ2) is 6.74. The average Bonchev–Trinajstić information content (AvgIpc) is 2.29. The molecule has 0 spiro atoms. The fourth-order valence-corrected chi connectivity index (χ4v) is 2.67. The first-order valence-electron chi connectivity index (χ1n) is 5.54. The van der Waals surface area contributed by atoms with Gasteiger partial charge in [-0.05, 0) is 25.5 Å². The third kappa shape index (κ3) is 4.85. The van der Waals surface area contributed by atoms with Crippen molar-refractivity contribution >= 4 is 9.84 Å². The highest BCUT2D eigenvalue weighted by molar-refractivity contribution is 7.91. The van der Waals surface area contributed by atoms with Crippen molar-refractivity contribution in [3.8, 4) is 0 Å². The van der Waals surface area contributed by atoms with Gasteiger partial charge in [-0.1, -0.05) is 17.7 Å². The zero-order valence-electron chi connectivity index (χ0n) is 9.93. The quantitative estimate of drug-likeness (QED) is 0.746. The zero-order valence-corrected chi connectivity index (χ0v) is 10.7. The summed E-state index contributed by atoms with van der Waals surface area (Å²) in [7, 11) is -3.21. The van der Waals surface area contributed by atoms with Crippen LogP contribution in [0.3, 0.4) is 0 Å². The highest BCUT2D eigenvalue weighted by Crippen LogP contribution is 2.12. The lowest BCUT2D eigenvalue weighted by Crippen LogP contribution is -2.10. The third-order valence-corrected chi connectivity index (χ3v) is 4.13. The van der Waals surface area contributed by atoms with Crippen LogP contribution in [0.15, 0.2) is 29.2 Å². The lowest BCUT2D eigenvalue weighted by molar-refractivity contribution is 0.0931. The molecule has 0 bridgehead atoms. The summed E-state index contributed by atoms with van der Waals surface area (Å²) in [6.45, 7) is 2.49. The molecule has 1 aromatic rings. The van der Waals surface area contributed by atoms with Crippen LogP contribution in [0, 0.1) is 6.92 Å². The number of benzene rings is 1. The summed E-state index contributed by atoms with van der Waals surface area (Å²) in [5.74, 6) is 0.0709. The molecule has 5 heteroatoms. The van der Waals surface area contributed by atoms with E-state index in [1.165, 1.54) is 0 Å². The SMILES string of the molecule is Cc1ccc(S(=O)(=O)CCCOCCO)cc1. The maximum absolute atomic E-state index is 11.9. The van der Waals surface area contributed by atoms with Crippen molar-refractivity contribution in [2.75, 3.05) is 25.6 Å². The fraction of sp³-hybridized carbons (Fsp3) is 0.500. The predicted molar refractivity (Wildman–Crippen MR) is 65.8 cm³/mol. The summed E-state index contributed by atoms with van der Waals surface area (Å²) in [4.78, 5) is 0.352. The molecule has 0 saturated carbocycles. The molecule has 0 unspecified atom stereocenters. The minimum atomic E-state index is -3.21. The highest BCUT2D eigenvalue weighted by atomic mass is 32.2. The van der Waals surface area contributed by atoms with Crippen molar-refractivity contribution in [3.63, 3.8) is 0 Å². The molecule has 0 amide bonds. The number of hydrogen-bond donors (Lipinski definition) is 1. The molecule has 0 aliphatic carbocycles. The molecule has 0 aliphatic rings. The zero-order chi connectivity index (χ0) is 12.7. The van der Waals surface area contributed by atoms with Gasteiger partial charge in [-0.25, -0.2) is 8.42 Å². The average molecular weight is 258 g/mol. The van der Waals surface area contributed by atoms with Crippen LogP contribution in [-0.2, 0) is 14.6 Å². The molecule has 0 saturated heterocycles. The molecule has 0 fully saturated rings. The molecule has 0 aromatic heterocycles. The van der Waals surface area contributed by atoms with Gasteiger partial charge in [0.1, 0.15) is 0 Å². The molecule has 0 radical (unpaired) electrons. The van der Waals surface area contributed by atoms with Gasteiger partial charge in [0.25, 0.3) is 0 Å². The molecule has 96 valence electrons. The van der Waals surface area contributed by atoms with E-state index in [4.69, 9.17) is 9.84 Å². The molecular weight excluding hydrogens is 240 g/mol. The fourth-order valence-electron chi connectivity index (χ4n) is 1.38. The predicted octanol–water partition coefficient (Wildman–Crippen LogP) is 1.17. The first-order chi connectivity index (χ1) is 8.06. The van der Waals surface area contributed by atoms with Gasteiger partial charge in [-0.15, -0.1) is 0 Å². The number of ether oxygens (including phenoxy) is 1. The largest absolute Gasteiger partial charge is 0.394 e. The number of aryl methyl sites for hydroxylation is 1. The van der Waals surface area contributed by atoms with E-state index < -0.39 is 9.84 Å². The summed E-state index contributed by atoms with van der Waals surface area (Å²) in [5, 5.41) is 8.49. The lowest BCUT2D eigenvalue weighted by Gasteiger charge is -2.05. The van der Waals surface area contributed by atoms with E-state index in [1.807, 2.05) is 6.92 Å². The smallest absolute Gasteiger partial charge is 0.178 e. The molecule has 1 aromatic carbocycles. The summed E-state index contributed by atoms with van der Waals surface area (Å²) in [5.41, 5.74) is 1.04. The van der Waals surface area contributed by atoms with E-state index in [1.54, 1.807) is 24.3 Å². The van der Waals surface area contributed by atoms with Crippen molar-refractivity contribution in [1.29, 1.82) is 0 Å². The number of aliphatic hydroxyl groups excluding tert-OH is 1. The Balaban J connectivity index is 2.48. The van der Waals surface area contributed by atoms with Crippen LogP contribution in [0.1, 0.15) is 12.0 Å². The van der Waals surface area contributed by atoms with Crippen LogP contribution in [-0.4, -0.2) is 39.1 Å². The monoisotopic (exact) mass is 258 g/mol. The van der Waals surface area contributed by atoms with Crippen LogP contribution in [0.4, 0.5) is 0 Å². The van der Waals surface area contributed by atoms with E-state index in [-0.39, 0.29) is 19.0 Å². The molecular formula is C12H18O4S. The minimum Gasteiger partial charge on any atom is -0.394 e. The van der Waals surface area contributed by atoms with Crippen molar-refractivity contribution in [2.24, 2.45) is 0 Å². The first kappa shape index (κ1) is 14.2. The Hall–Kier alpha value is -0.910. The molecule has 0 atom stereocenters. The van der Waals surface area contributed by atoms with E-state index in [9.17, 15) is 8.42 Å². The van der Waals surface area contributed by atoms with Crippen LogP contribution < -0.4 is 0 Å². The Kier molecular flexibility index (Phi) is 5.61. The van der Waals surface area contributed by atoms with E-state index in [0.29, 0.717) is 17.9 Å². The van der Waals surface area contributed by atoms with Crippen molar-refractivity contribution < 1.29 is 18.3 Å². The molecule has 1 N–H and O–H groups in total. The van der Waals surface area contributed by atoms with Crippen molar-refractivity contribution in [2.45, 2.75) is 18.2 Å². The van der Waals surface area contributed by atoms with E-state index >= 15 is 0 Å². The molecule has 17 heavy (non-hydrogen) atoms. The van der Waals surface area contributed by atoms with Gasteiger partial charge in [-0.2, -0.15) is 0 Å². The van der Waals surface area contributed by atoms with Crippen LogP contribution in [0.2, 0.25) is 0 Å². The van der Waals surface area contributed by atoms with Gasteiger partial charge in [0.2, 0.25) is 0 Å². The lowest BCUT2D eigenvalue weighted by atomic mass is 10.2. The first-order valence-corrected chi connectivity index (χ1v) is 7.19. The van der Waals surface area contributed by atoms with Gasteiger partial charge in [0.05, 0.1) is 23.9 Å². The van der Waals surface area contributed by atoms with E-state index in [2.05, 4.69) is 0 Å². The molecule has 1 rings (SSSR count). The maximum Gasteiger partial charge on any atom is 0.178 e. The van der Waals surface area contributed by atoms with Gasteiger partial charge in [-0.3, -0.25) is 0 Å². The van der Waals surface area contributed by atoms with Gasteiger partial charge >= 0.3 is 0 Å². The maximum atomic E-state index is 11.9. The summed E-state index contributed by atoms with van der Waals surface area (Å²) >= 11 is 0. The Morgan fingerprint density at radius 3 is 2.41 bits per heavy atom. The second-order valence-electron chi connectivity index (χ2n) is 3.82. The minimum absolute atomic E-state index is 0.0370. The Morgan fingerprint density at radius 1 is 1.18 bits per heavy atom. The van der Waals surface area contributed by atoms with Crippen LogP contribution in [0.25, 0.3) is 0 Å². The topological polar surface area (TPSA) is 63.6 Å². The normalized spacial score (nSPS) is 11.6. The van der Waals surface area contributed by atoms with Crippen molar-refractivity contribution in [1.82, 2.24) is 0 Å². The number of sulfone groups is 1. The Morgan fingerprint density at radius 2 is 1.82 bits per heavy atom.